The predicted octanol–water partition coefficient (Wildman–Crippen LogP) is 1.99. The van der Waals surface area contributed by atoms with Gasteiger partial charge in [0.05, 0.1) is 11.0 Å². The number of halogens is 1. The fraction of sp³-hybridized carbons (Fsp3) is 0.333. The molecule has 2 rings (SSSR count). The quantitative estimate of drug-likeness (QED) is 0.500. The van der Waals surface area contributed by atoms with Crippen molar-refractivity contribution in [2.75, 3.05) is 5.32 Å². The fourth-order valence-corrected chi connectivity index (χ4v) is 3.82. The Kier molecular flexibility index (Phi) is 8.26. The predicted molar refractivity (Wildman–Crippen MR) is 112 cm³/mol. The number of hydrogen-bond acceptors (Lipinski definition) is 6. The van der Waals surface area contributed by atoms with Gasteiger partial charge in [0, 0.05) is 5.69 Å². The molecule has 168 valence electrons. The van der Waals surface area contributed by atoms with E-state index in [9.17, 15) is 27.5 Å². The fourth-order valence-electron chi connectivity index (χ4n) is 2.56. The van der Waals surface area contributed by atoms with E-state index in [-0.39, 0.29) is 4.90 Å². The number of esters is 1. The molecule has 31 heavy (non-hydrogen) atoms. The van der Waals surface area contributed by atoms with Crippen LogP contribution in [0.3, 0.4) is 0 Å². The van der Waals surface area contributed by atoms with Gasteiger partial charge in [-0.25, -0.2) is 12.8 Å². The number of aliphatic hydroxyl groups is 1. The number of sulfonamides is 1. The zero-order valence-corrected chi connectivity index (χ0v) is 18.1. The number of amides is 1. The molecule has 0 aliphatic carbocycles. The molecule has 0 saturated heterocycles. The molecule has 0 bridgehead atoms. The highest BCUT2D eigenvalue weighted by Gasteiger charge is 2.33. The van der Waals surface area contributed by atoms with Gasteiger partial charge in [0.25, 0.3) is 5.91 Å². The summed E-state index contributed by atoms with van der Waals surface area (Å²) >= 11 is 0. The van der Waals surface area contributed by atoms with E-state index < -0.39 is 46.0 Å². The third-order valence-electron chi connectivity index (χ3n) is 4.43. The van der Waals surface area contributed by atoms with Crippen molar-refractivity contribution in [3.63, 3.8) is 0 Å². The van der Waals surface area contributed by atoms with Gasteiger partial charge in [0.15, 0.2) is 6.10 Å². The summed E-state index contributed by atoms with van der Waals surface area (Å²) in [5.41, 5.74) is 1.60. The minimum Gasteiger partial charge on any atom is -0.451 e. The Labute approximate surface area is 180 Å². The summed E-state index contributed by atoms with van der Waals surface area (Å²) in [5, 5.41) is 12.5. The van der Waals surface area contributed by atoms with E-state index in [1.807, 2.05) is 23.8 Å². The molecule has 0 aliphatic heterocycles. The van der Waals surface area contributed by atoms with Gasteiger partial charge in [-0.2, -0.15) is 4.72 Å². The molecule has 2 aromatic carbocycles. The smallest absolute Gasteiger partial charge is 0.327 e. The van der Waals surface area contributed by atoms with E-state index in [1.54, 1.807) is 12.1 Å². The standard InChI is InChI=1S/C21H25FN2O6S/c1-4-15-5-9-17(10-6-15)23-20(26)14(3)30-21(27)19(13(2)25)24-31(28,29)18-11-7-16(22)8-12-18/h5-14,19,24-25H,4H2,1-3H3,(H,23,26)/t13-,14-,19+/m0/s1. The number of carbonyl (C=O) groups is 2. The SMILES string of the molecule is CCc1ccc(NC(=O)[C@H](C)OC(=O)[C@H](NS(=O)(=O)c2ccc(F)cc2)[C@H](C)O)cc1. The summed E-state index contributed by atoms with van der Waals surface area (Å²) < 4.78 is 45.0. The van der Waals surface area contributed by atoms with Crippen LogP contribution in [0.5, 0.6) is 0 Å². The number of ether oxygens (including phenoxy) is 1. The number of nitrogens with one attached hydrogen (secondary N) is 2. The Hall–Kier alpha value is -2.82. The summed E-state index contributed by atoms with van der Waals surface area (Å²) in [7, 11) is -4.26. The first-order chi connectivity index (χ1) is 14.5. The lowest BCUT2D eigenvalue weighted by atomic mass is 10.1. The Morgan fingerprint density at radius 1 is 1.06 bits per heavy atom. The lowest BCUT2D eigenvalue weighted by molar-refractivity contribution is -0.157. The maximum atomic E-state index is 13.0. The molecule has 0 aliphatic rings. The summed E-state index contributed by atoms with van der Waals surface area (Å²) in [6.45, 7) is 4.51. The second kappa shape index (κ2) is 10.5. The number of hydrogen-bond donors (Lipinski definition) is 3. The van der Waals surface area contributed by atoms with Gasteiger partial charge < -0.3 is 15.2 Å². The van der Waals surface area contributed by atoms with Crippen LogP contribution in [0.15, 0.2) is 53.4 Å². The zero-order valence-electron chi connectivity index (χ0n) is 17.3. The van der Waals surface area contributed by atoms with Crippen LogP contribution >= 0.6 is 0 Å². The first-order valence-corrected chi connectivity index (χ1v) is 11.1. The molecule has 0 spiro atoms. The van der Waals surface area contributed by atoms with Crippen LogP contribution in [-0.4, -0.2) is 43.7 Å². The Morgan fingerprint density at radius 3 is 2.16 bits per heavy atom. The third-order valence-corrected chi connectivity index (χ3v) is 5.89. The van der Waals surface area contributed by atoms with Gasteiger partial charge in [0.1, 0.15) is 11.9 Å². The van der Waals surface area contributed by atoms with Crippen molar-refractivity contribution in [2.45, 2.75) is 50.3 Å². The maximum Gasteiger partial charge on any atom is 0.327 e. The van der Waals surface area contributed by atoms with Gasteiger partial charge in [-0.05, 0) is 62.2 Å². The number of rotatable bonds is 9. The number of anilines is 1. The largest absolute Gasteiger partial charge is 0.451 e. The Balaban J connectivity index is 2.05. The first-order valence-electron chi connectivity index (χ1n) is 9.59. The highest BCUT2D eigenvalue weighted by Crippen LogP contribution is 2.14. The monoisotopic (exact) mass is 452 g/mol. The van der Waals surface area contributed by atoms with Crippen LogP contribution in [-0.2, 0) is 30.8 Å². The number of carbonyl (C=O) groups excluding carboxylic acids is 2. The maximum absolute atomic E-state index is 13.0. The van der Waals surface area contributed by atoms with E-state index in [0.29, 0.717) is 5.69 Å². The molecule has 0 saturated carbocycles. The van der Waals surface area contributed by atoms with Gasteiger partial charge >= 0.3 is 5.97 Å². The average molecular weight is 453 g/mol. The van der Waals surface area contributed by atoms with Crippen LogP contribution in [0.2, 0.25) is 0 Å². The van der Waals surface area contributed by atoms with Crippen LogP contribution in [0, 0.1) is 5.82 Å². The highest BCUT2D eigenvalue weighted by atomic mass is 32.2. The van der Waals surface area contributed by atoms with Gasteiger partial charge in [-0.15, -0.1) is 0 Å². The van der Waals surface area contributed by atoms with Crippen LogP contribution in [0.1, 0.15) is 26.3 Å². The third kappa shape index (κ3) is 6.84. The zero-order chi connectivity index (χ0) is 23.2. The Bertz CT molecular complexity index is 1010. The van der Waals surface area contributed by atoms with E-state index in [0.717, 1.165) is 36.2 Å². The van der Waals surface area contributed by atoms with E-state index in [2.05, 4.69) is 5.32 Å². The number of benzene rings is 2. The van der Waals surface area contributed by atoms with Crippen molar-refractivity contribution in [3.05, 3.63) is 59.9 Å². The molecule has 1 amide bonds. The highest BCUT2D eigenvalue weighted by molar-refractivity contribution is 7.89. The molecule has 3 atom stereocenters. The minimum absolute atomic E-state index is 0.298. The van der Waals surface area contributed by atoms with Gasteiger partial charge in [-0.3, -0.25) is 9.59 Å². The van der Waals surface area contributed by atoms with E-state index in [1.165, 1.54) is 13.8 Å². The molecule has 0 heterocycles. The van der Waals surface area contributed by atoms with Crippen molar-refractivity contribution in [1.29, 1.82) is 0 Å². The molecule has 3 N–H and O–H groups in total. The lowest BCUT2D eigenvalue weighted by Crippen LogP contribution is -2.49. The first kappa shape index (κ1) is 24.4. The molecular formula is C21H25FN2O6S. The Morgan fingerprint density at radius 2 is 1.65 bits per heavy atom. The number of aliphatic hydroxyl groups excluding tert-OH is 1. The molecule has 0 fully saturated rings. The van der Waals surface area contributed by atoms with Crippen molar-refractivity contribution < 1.29 is 32.2 Å². The minimum atomic E-state index is -4.26. The molecule has 2 aromatic rings. The number of aryl methyl sites for hydroxylation is 1. The van der Waals surface area contributed by atoms with Gasteiger partial charge in [-0.1, -0.05) is 19.1 Å². The van der Waals surface area contributed by atoms with E-state index >= 15 is 0 Å². The van der Waals surface area contributed by atoms with Crippen molar-refractivity contribution >= 4 is 27.6 Å². The lowest BCUT2D eigenvalue weighted by Gasteiger charge is -2.22. The van der Waals surface area contributed by atoms with Crippen molar-refractivity contribution in [1.82, 2.24) is 4.72 Å². The van der Waals surface area contributed by atoms with E-state index in [4.69, 9.17) is 4.74 Å². The van der Waals surface area contributed by atoms with Crippen LogP contribution < -0.4 is 10.0 Å². The van der Waals surface area contributed by atoms with Crippen LogP contribution in [0.25, 0.3) is 0 Å². The van der Waals surface area contributed by atoms with Crippen LogP contribution in [0.4, 0.5) is 10.1 Å². The second-order valence-electron chi connectivity index (χ2n) is 6.91. The molecule has 10 heteroatoms. The van der Waals surface area contributed by atoms with Crippen molar-refractivity contribution in [3.8, 4) is 0 Å². The molecule has 0 unspecified atom stereocenters. The molecule has 0 aromatic heterocycles. The summed E-state index contributed by atoms with van der Waals surface area (Å²) in [6, 6.07) is 9.37. The molecular weight excluding hydrogens is 427 g/mol. The van der Waals surface area contributed by atoms with Gasteiger partial charge in [0.2, 0.25) is 10.0 Å². The van der Waals surface area contributed by atoms with Crippen molar-refractivity contribution in [2.24, 2.45) is 0 Å². The normalized spacial score (nSPS) is 14.4. The molecule has 8 nitrogen and oxygen atoms in total. The average Bonchev–Trinajstić information content (AvgIpc) is 2.72. The summed E-state index contributed by atoms with van der Waals surface area (Å²) in [5.74, 6) is -2.39. The topological polar surface area (TPSA) is 122 Å². The summed E-state index contributed by atoms with van der Waals surface area (Å²) in [4.78, 5) is 24.5. The second-order valence-corrected chi connectivity index (χ2v) is 8.63. The summed E-state index contributed by atoms with van der Waals surface area (Å²) in [6.07, 6.45) is -1.87. The molecule has 0 radical (unpaired) electrons.